The van der Waals surface area contributed by atoms with Crippen molar-refractivity contribution in [1.82, 2.24) is 9.03 Å². The Morgan fingerprint density at radius 3 is 2.69 bits per heavy atom. The zero-order valence-electron chi connectivity index (χ0n) is 8.28. The maximum atomic E-state index is 11.4. The Kier molecular flexibility index (Phi) is 3.70. The Labute approximate surface area is 80.5 Å². The molecule has 0 saturated carbocycles. The highest BCUT2D eigenvalue weighted by Crippen LogP contribution is 2.09. The summed E-state index contributed by atoms with van der Waals surface area (Å²) in [6, 6.07) is 0. The Hall–Kier alpha value is -0.130. The van der Waals surface area contributed by atoms with Gasteiger partial charge in [0, 0.05) is 19.6 Å². The summed E-state index contributed by atoms with van der Waals surface area (Å²) in [7, 11) is -3.14. The number of hydrogen-bond acceptors (Lipinski definition) is 2. The SMILES string of the molecule is CC(C)CCN1CCCNS1(=O)=O. The molecule has 1 heterocycles. The maximum Gasteiger partial charge on any atom is 0.279 e. The van der Waals surface area contributed by atoms with Gasteiger partial charge in [0.25, 0.3) is 10.2 Å². The van der Waals surface area contributed by atoms with E-state index in [1.165, 1.54) is 4.31 Å². The van der Waals surface area contributed by atoms with Crippen molar-refractivity contribution in [2.45, 2.75) is 26.7 Å². The molecule has 0 amide bonds. The first-order valence-electron chi connectivity index (χ1n) is 4.77. The summed E-state index contributed by atoms with van der Waals surface area (Å²) in [6.07, 6.45) is 1.85. The van der Waals surface area contributed by atoms with Crippen molar-refractivity contribution < 1.29 is 8.42 Å². The molecule has 5 heteroatoms. The Morgan fingerprint density at radius 2 is 2.15 bits per heavy atom. The third-order valence-corrected chi connectivity index (χ3v) is 3.78. The van der Waals surface area contributed by atoms with E-state index in [2.05, 4.69) is 18.6 Å². The summed E-state index contributed by atoms with van der Waals surface area (Å²) < 4.78 is 26.9. The molecule has 4 nitrogen and oxygen atoms in total. The molecule has 0 atom stereocenters. The van der Waals surface area contributed by atoms with Gasteiger partial charge in [-0.3, -0.25) is 0 Å². The Bertz CT molecular complexity index is 249. The topological polar surface area (TPSA) is 49.4 Å². The molecule has 0 aliphatic carbocycles. The van der Waals surface area contributed by atoms with E-state index >= 15 is 0 Å². The lowest BCUT2D eigenvalue weighted by molar-refractivity contribution is 0.352. The van der Waals surface area contributed by atoms with Crippen molar-refractivity contribution in [3.05, 3.63) is 0 Å². The van der Waals surface area contributed by atoms with Gasteiger partial charge < -0.3 is 0 Å². The van der Waals surface area contributed by atoms with Crippen molar-refractivity contribution in [1.29, 1.82) is 0 Å². The first-order valence-corrected chi connectivity index (χ1v) is 6.21. The first kappa shape index (κ1) is 10.9. The van der Waals surface area contributed by atoms with Crippen LogP contribution in [0, 0.1) is 5.92 Å². The van der Waals surface area contributed by atoms with E-state index in [9.17, 15) is 8.42 Å². The van der Waals surface area contributed by atoms with Crippen LogP contribution in [0.2, 0.25) is 0 Å². The van der Waals surface area contributed by atoms with Crippen molar-refractivity contribution in [2.75, 3.05) is 19.6 Å². The highest BCUT2D eigenvalue weighted by molar-refractivity contribution is 7.87. The molecule has 78 valence electrons. The lowest BCUT2D eigenvalue weighted by Crippen LogP contribution is -2.47. The van der Waals surface area contributed by atoms with Gasteiger partial charge in [-0.15, -0.1) is 0 Å². The fourth-order valence-corrected chi connectivity index (χ4v) is 2.60. The molecule has 0 aromatic rings. The van der Waals surface area contributed by atoms with Crippen LogP contribution in [0.5, 0.6) is 0 Å². The van der Waals surface area contributed by atoms with Crippen molar-refractivity contribution in [3.63, 3.8) is 0 Å². The second-order valence-corrected chi connectivity index (χ2v) is 5.59. The van der Waals surface area contributed by atoms with E-state index in [1.807, 2.05) is 0 Å². The largest absolute Gasteiger partial charge is 0.279 e. The van der Waals surface area contributed by atoms with Gasteiger partial charge in [-0.05, 0) is 18.8 Å². The maximum absolute atomic E-state index is 11.4. The molecule has 1 rings (SSSR count). The lowest BCUT2D eigenvalue weighted by Gasteiger charge is -2.27. The minimum absolute atomic E-state index is 0.553. The monoisotopic (exact) mass is 206 g/mol. The second kappa shape index (κ2) is 4.39. The zero-order valence-corrected chi connectivity index (χ0v) is 9.10. The fraction of sp³-hybridized carbons (Fsp3) is 1.00. The summed E-state index contributed by atoms with van der Waals surface area (Å²) in [4.78, 5) is 0. The molecule has 1 fully saturated rings. The van der Waals surface area contributed by atoms with Crippen LogP contribution >= 0.6 is 0 Å². The number of nitrogens with one attached hydrogen (secondary N) is 1. The summed E-state index contributed by atoms with van der Waals surface area (Å²) in [5, 5.41) is 0. The third-order valence-electron chi connectivity index (χ3n) is 2.16. The van der Waals surface area contributed by atoms with Gasteiger partial charge in [0.05, 0.1) is 0 Å². The molecule has 0 aromatic carbocycles. The second-order valence-electron chi connectivity index (χ2n) is 3.83. The van der Waals surface area contributed by atoms with E-state index in [-0.39, 0.29) is 0 Å². The summed E-state index contributed by atoms with van der Waals surface area (Å²) in [6.45, 7) is 6.10. The Balaban J connectivity index is 2.47. The van der Waals surface area contributed by atoms with Crippen LogP contribution in [0.15, 0.2) is 0 Å². The fourth-order valence-electron chi connectivity index (χ4n) is 1.30. The lowest BCUT2D eigenvalue weighted by atomic mass is 10.1. The molecule has 0 spiro atoms. The molecule has 0 bridgehead atoms. The summed E-state index contributed by atoms with van der Waals surface area (Å²) in [5.41, 5.74) is 0. The molecular formula is C8H18N2O2S. The standard InChI is InChI=1S/C8H18N2O2S/c1-8(2)4-7-10-6-3-5-9-13(10,11)12/h8-9H,3-7H2,1-2H3. The molecule has 0 unspecified atom stereocenters. The van der Waals surface area contributed by atoms with Gasteiger partial charge in [-0.2, -0.15) is 12.7 Å². The van der Waals surface area contributed by atoms with Gasteiger partial charge in [0.1, 0.15) is 0 Å². The van der Waals surface area contributed by atoms with Gasteiger partial charge in [-0.25, -0.2) is 4.72 Å². The van der Waals surface area contributed by atoms with E-state index < -0.39 is 10.2 Å². The quantitative estimate of drug-likeness (QED) is 0.734. The number of hydrogen-bond donors (Lipinski definition) is 1. The van der Waals surface area contributed by atoms with Crippen LogP contribution in [0.4, 0.5) is 0 Å². The highest BCUT2D eigenvalue weighted by Gasteiger charge is 2.24. The average molecular weight is 206 g/mol. The average Bonchev–Trinajstić information content (AvgIpc) is 2.01. The van der Waals surface area contributed by atoms with E-state index in [4.69, 9.17) is 0 Å². The minimum Gasteiger partial charge on any atom is -0.202 e. The van der Waals surface area contributed by atoms with Crippen molar-refractivity contribution in [2.24, 2.45) is 5.92 Å². The molecule has 13 heavy (non-hydrogen) atoms. The summed E-state index contributed by atoms with van der Waals surface area (Å²) in [5.74, 6) is 0.553. The smallest absolute Gasteiger partial charge is 0.202 e. The van der Waals surface area contributed by atoms with Crippen LogP contribution < -0.4 is 4.72 Å². The molecule has 1 aliphatic rings. The van der Waals surface area contributed by atoms with Gasteiger partial charge >= 0.3 is 0 Å². The molecule has 0 radical (unpaired) electrons. The predicted molar refractivity (Wildman–Crippen MR) is 52.6 cm³/mol. The minimum atomic E-state index is -3.14. The van der Waals surface area contributed by atoms with Crippen molar-refractivity contribution >= 4 is 10.2 Å². The van der Waals surface area contributed by atoms with Gasteiger partial charge in [0.15, 0.2) is 0 Å². The van der Waals surface area contributed by atoms with E-state index in [1.54, 1.807) is 0 Å². The van der Waals surface area contributed by atoms with Crippen LogP contribution in [0.1, 0.15) is 26.7 Å². The van der Waals surface area contributed by atoms with Gasteiger partial charge in [-0.1, -0.05) is 13.8 Å². The molecule has 0 aromatic heterocycles. The normalized spacial score (nSPS) is 23.6. The van der Waals surface area contributed by atoms with Crippen molar-refractivity contribution in [3.8, 4) is 0 Å². The first-order chi connectivity index (χ1) is 6.02. The predicted octanol–water partition coefficient (Wildman–Crippen LogP) is 0.573. The zero-order chi connectivity index (χ0) is 9.90. The Morgan fingerprint density at radius 1 is 1.46 bits per heavy atom. The molecule has 1 aliphatic heterocycles. The van der Waals surface area contributed by atoms with Crippen LogP contribution in [-0.4, -0.2) is 32.4 Å². The molecular weight excluding hydrogens is 188 g/mol. The van der Waals surface area contributed by atoms with Gasteiger partial charge in [0.2, 0.25) is 0 Å². The number of rotatable bonds is 3. The number of nitrogens with zero attached hydrogens (tertiary/aromatic N) is 1. The summed E-state index contributed by atoms with van der Waals surface area (Å²) >= 11 is 0. The van der Waals surface area contributed by atoms with Crippen LogP contribution in [-0.2, 0) is 10.2 Å². The highest BCUT2D eigenvalue weighted by atomic mass is 32.2. The molecule has 1 saturated heterocycles. The van der Waals surface area contributed by atoms with Crippen LogP contribution in [0.25, 0.3) is 0 Å². The third kappa shape index (κ3) is 3.25. The van der Waals surface area contributed by atoms with Crippen LogP contribution in [0.3, 0.4) is 0 Å². The van der Waals surface area contributed by atoms with E-state index in [0.29, 0.717) is 25.6 Å². The van der Waals surface area contributed by atoms with E-state index in [0.717, 1.165) is 12.8 Å². The molecule has 1 N–H and O–H groups in total.